The van der Waals surface area contributed by atoms with Crippen molar-refractivity contribution in [3.05, 3.63) is 18.2 Å². The molecule has 1 atom stereocenters. The van der Waals surface area contributed by atoms with Gasteiger partial charge >= 0.3 is 5.97 Å². The first-order valence-corrected chi connectivity index (χ1v) is 6.73. The maximum Gasteiger partial charge on any atom is 0.305 e. The average Bonchev–Trinajstić information content (AvgIpc) is 2.88. The molecule has 0 amide bonds. The molecule has 1 saturated heterocycles. The summed E-state index contributed by atoms with van der Waals surface area (Å²) in [4.78, 5) is 17.6. The summed E-state index contributed by atoms with van der Waals surface area (Å²) >= 11 is 0. The Morgan fingerprint density at radius 2 is 2.17 bits per heavy atom. The van der Waals surface area contributed by atoms with E-state index in [9.17, 15) is 4.79 Å². The molecule has 1 aliphatic heterocycles. The van der Waals surface area contributed by atoms with E-state index in [1.54, 1.807) is 0 Å². The number of rotatable bonds is 5. The van der Waals surface area contributed by atoms with Crippen LogP contribution in [0.2, 0.25) is 0 Å². The van der Waals surface area contributed by atoms with Crippen molar-refractivity contribution in [2.45, 2.75) is 44.2 Å². The van der Waals surface area contributed by atoms with E-state index >= 15 is 0 Å². The van der Waals surface area contributed by atoms with Gasteiger partial charge in [-0.3, -0.25) is 9.69 Å². The molecule has 18 heavy (non-hydrogen) atoms. The lowest BCUT2D eigenvalue weighted by Crippen LogP contribution is -2.29. The van der Waals surface area contributed by atoms with Gasteiger partial charge in [0.15, 0.2) is 0 Å². The van der Waals surface area contributed by atoms with Gasteiger partial charge < -0.3 is 9.67 Å². The number of carboxylic acid groups (broad SMARTS) is 1. The second kappa shape index (κ2) is 4.72. The fourth-order valence-electron chi connectivity index (χ4n) is 2.87. The van der Waals surface area contributed by atoms with E-state index < -0.39 is 5.97 Å². The molecular weight excluding hydrogens is 230 g/mol. The van der Waals surface area contributed by atoms with Crippen molar-refractivity contribution in [2.24, 2.45) is 0 Å². The molecule has 0 aromatic carbocycles. The summed E-state index contributed by atoms with van der Waals surface area (Å²) in [6.45, 7) is 2.02. The van der Waals surface area contributed by atoms with Crippen molar-refractivity contribution in [2.75, 3.05) is 13.1 Å². The van der Waals surface area contributed by atoms with Crippen LogP contribution in [0.5, 0.6) is 0 Å². The predicted octanol–water partition coefficient (Wildman–Crippen LogP) is 1.83. The lowest BCUT2D eigenvalue weighted by atomic mass is 10.1. The highest BCUT2D eigenvalue weighted by molar-refractivity contribution is 5.67. The van der Waals surface area contributed by atoms with Gasteiger partial charge in [-0.2, -0.15) is 0 Å². The fourth-order valence-corrected chi connectivity index (χ4v) is 2.87. The van der Waals surface area contributed by atoms with Gasteiger partial charge in [-0.05, 0) is 38.8 Å². The van der Waals surface area contributed by atoms with Crippen molar-refractivity contribution in [3.8, 4) is 0 Å². The Hall–Kier alpha value is -1.36. The largest absolute Gasteiger partial charge is 0.481 e. The second-order valence-corrected chi connectivity index (χ2v) is 5.31. The van der Waals surface area contributed by atoms with Crippen LogP contribution in [0.1, 0.15) is 49.9 Å². The first-order valence-electron chi connectivity index (χ1n) is 6.73. The number of likely N-dealkylation sites (tertiary alicyclic amines) is 1. The van der Waals surface area contributed by atoms with Crippen molar-refractivity contribution < 1.29 is 9.90 Å². The molecule has 5 heteroatoms. The van der Waals surface area contributed by atoms with Crippen LogP contribution in [0, 0.1) is 0 Å². The smallest absolute Gasteiger partial charge is 0.305 e. The molecule has 2 fully saturated rings. The number of nitrogens with zero attached hydrogens (tertiary/aromatic N) is 3. The summed E-state index contributed by atoms with van der Waals surface area (Å²) in [6, 6.07) is 0.550. The highest BCUT2D eigenvalue weighted by Crippen LogP contribution is 2.39. The molecule has 0 spiro atoms. The summed E-state index contributed by atoms with van der Waals surface area (Å²) in [7, 11) is 0. The van der Waals surface area contributed by atoms with Crippen LogP contribution in [0.4, 0.5) is 0 Å². The quantitative estimate of drug-likeness (QED) is 0.865. The summed E-state index contributed by atoms with van der Waals surface area (Å²) in [5.41, 5.74) is 1.09. The van der Waals surface area contributed by atoms with Crippen LogP contribution >= 0.6 is 0 Å². The van der Waals surface area contributed by atoms with Gasteiger partial charge in [0.1, 0.15) is 0 Å². The van der Waals surface area contributed by atoms with E-state index in [1.165, 1.54) is 25.7 Å². The Morgan fingerprint density at radius 1 is 1.44 bits per heavy atom. The highest BCUT2D eigenvalue weighted by Gasteiger charge is 2.32. The normalized spacial score (nSPS) is 22.2. The van der Waals surface area contributed by atoms with Crippen molar-refractivity contribution in [3.63, 3.8) is 0 Å². The molecule has 5 nitrogen and oxygen atoms in total. The van der Waals surface area contributed by atoms with Crippen LogP contribution in [0.3, 0.4) is 0 Å². The lowest BCUT2D eigenvalue weighted by Gasteiger charge is -2.27. The van der Waals surface area contributed by atoms with Crippen LogP contribution in [-0.2, 0) is 4.79 Å². The molecule has 1 aromatic rings. The van der Waals surface area contributed by atoms with Gasteiger partial charge in [-0.1, -0.05) is 0 Å². The zero-order valence-corrected chi connectivity index (χ0v) is 10.5. The molecule has 3 rings (SSSR count). The highest BCUT2D eigenvalue weighted by atomic mass is 16.4. The van der Waals surface area contributed by atoms with Gasteiger partial charge in [-0.25, -0.2) is 4.98 Å². The first-order chi connectivity index (χ1) is 8.75. The van der Waals surface area contributed by atoms with E-state index in [-0.39, 0.29) is 12.5 Å². The number of hydrogen-bond acceptors (Lipinski definition) is 3. The molecule has 1 aliphatic carbocycles. The Bertz CT molecular complexity index is 433. The van der Waals surface area contributed by atoms with Crippen LogP contribution in [0.25, 0.3) is 0 Å². The lowest BCUT2D eigenvalue weighted by molar-refractivity contribution is -0.138. The van der Waals surface area contributed by atoms with E-state index in [1.807, 2.05) is 12.5 Å². The van der Waals surface area contributed by atoms with Crippen molar-refractivity contribution in [1.29, 1.82) is 0 Å². The van der Waals surface area contributed by atoms with E-state index in [2.05, 4.69) is 14.5 Å². The van der Waals surface area contributed by atoms with Gasteiger partial charge in [0, 0.05) is 12.2 Å². The van der Waals surface area contributed by atoms with Crippen LogP contribution in [-0.4, -0.2) is 38.6 Å². The predicted molar refractivity (Wildman–Crippen MR) is 66.3 cm³/mol. The molecule has 2 aliphatic rings. The first kappa shape index (κ1) is 11.7. The molecule has 0 bridgehead atoms. The molecular formula is C13H19N3O2. The topological polar surface area (TPSA) is 58.4 Å². The Labute approximate surface area is 106 Å². The number of imidazole rings is 1. The third-order valence-corrected chi connectivity index (χ3v) is 3.93. The van der Waals surface area contributed by atoms with Gasteiger partial charge in [0.2, 0.25) is 0 Å². The van der Waals surface area contributed by atoms with Gasteiger partial charge in [-0.15, -0.1) is 0 Å². The Balaban J connectivity index is 1.86. The summed E-state index contributed by atoms with van der Waals surface area (Å²) in [6.07, 6.45) is 8.63. The number of aromatic nitrogens is 2. The molecule has 1 unspecified atom stereocenters. The Kier molecular flexibility index (Phi) is 3.07. The van der Waals surface area contributed by atoms with Crippen molar-refractivity contribution in [1.82, 2.24) is 14.5 Å². The third kappa shape index (κ3) is 2.27. The minimum atomic E-state index is -0.726. The second-order valence-electron chi connectivity index (χ2n) is 5.31. The van der Waals surface area contributed by atoms with Crippen LogP contribution in [0.15, 0.2) is 12.5 Å². The fraction of sp³-hybridized carbons (Fsp3) is 0.692. The standard InChI is InChI=1S/C13H19N3O2/c17-13(18)7-11(15-5-1-2-6-15)12-8-14-9-16(12)10-3-4-10/h8-11H,1-7H2,(H,17,18). The zero-order chi connectivity index (χ0) is 12.5. The summed E-state index contributed by atoms with van der Waals surface area (Å²) < 4.78 is 2.19. The van der Waals surface area contributed by atoms with E-state index in [0.717, 1.165) is 18.8 Å². The number of carbonyl (C=O) groups is 1. The van der Waals surface area contributed by atoms with Crippen molar-refractivity contribution >= 4 is 5.97 Å². The van der Waals surface area contributed by atoms with Gasteiger partial charge in [0.25, 0.3) is 0 Å². The summed E-state index contributed by atoms with van der Waals surface area (Å²) in [5.74, 6) is -0.726. The molecule has 1 saturated carbocycles. The zero-order valence-electron chi connectivity index (χ0n) is 10.5. The maximum atomic E-state index is 11.1. The Morgan fingerprint density at radius 3 is 2.78 bits per heavy atom. The minimum absolute atomic E-state index is 0.00639. The third-order valence-electron chi connectivity index (χ3n) is 3.93. The monoisotopic (exact) mass is 249 g/mol. The van der Waals surface area contributed by atoms with E-state index in [0.29, 0.717) is 6.04 Å². The molecule has 1 N–H and O–H groups in total. The summed E-state index contributed by atoms with van der Waals surface area (Å²) in [5, 5.41) is 9.13. The SMILES string of the molecule is O=C(O)CC(c1cncn1C1CC1)N1CCCC1. The number of carboxylic acids is 1. The number of hydrogen-bond donors (Lipinski definition) is 1. The molecule has 2 heterocycles. The maximum absolute atomic E-state index is 11.1. The number of aliphatic carboxylic acids is 1. The molecule has 98 valence electrons. The average molecular weight is 249 g/mol. The minimum Gasteiger partial charge on any atom is -0.481 e. The molecule has 1 aromatic heterocycles. The molecule has 0 radical (unpaired) electrons. The van der Waals surface area contributed by atoms with Gasteiger partial charge in [0.05, 0.1) is 24.5 Å². The van der Waals surface area contributed by atoms with E-state index in [4.69, 9.17) is 5.11 Å². The van der Waals surface area contributed by atoms with Crippen LogP contribution < -0.4 is 0 Å².